The molecule has 3 heteroatoms. The molecule has 0 amide bonds. The van der Waals surface area contributed by atoms with Crippen LogP contribution in [0.4, 0.5) is 10.1 Å². The lowest BCUT2D eigenvalue weighted by Crippen LogP contribution is -2.28. The Morgan fingerprint density at radius 2 is 2.00 bits per heavy atom. The maximum atomic E-state index is 13.7. The van der Waals surface area contributed by atoms with E-state index in [1.807, 2.05) is 7.05 Å². The lowest BCUT2D eigenvalue weighted by Gasteiger charge is -2.25. The molecule has 0 spiro atoms. The SMILES string of the molecule is CNCc1cc(F)cc(N(CC2CC2)C2CC2)c1. The van der Waals surface area contributed by atoms with E-state index in [4.69, 9.17) is 0 Å². The molecule has 0 bridgehead atoms. The van der Waals surface area contributed by atoms with Crippen LogP contribution in [0.15, 0.2) is 18.2 Å². The van der Waals surface area contributed by atoms with Gasteiger partial charge in [0.1, 0.15) is 5.82 Å². The Bertz CT molecular complexity index is 425. The molecule has 2 nitrogen and oxygen atoms in total. The van der Waals surface area contributed by atoms with Crippen LogP contribution < -0.4 is 10.2 Å². The van der Waals surface area contributed by atoms with Crippen LogP contribution in [-0.2, 0) is 6.54 Å². The zero-order valence-corrected chi connectivity index (χ0v) is 11.0. The largest absolute Gasteiger partial charge is 0.368 e. The van der Waals surface area contributed by atoms with Crippen molar-refractivity contribution in [1.82, 2.24) is 5.32 Å². The Kier molecular flexibility index (Phi) is 3.25. The summed E-state index contributed by atoms with van der Waals surface area (Å²) in [5, 5.41) is 3.09. The van der Waals surface area contributed by atoms with Gasteiger partial charge in [-0.3, -0.25) is 0 Å². The molecule has 1 aromatic carbocycles. The van der Waals surface area contributed by atoms with Gasteiger partial charge in [-0.2, -0.15) is 0 Å². The average Bonchev–Trinajstić information content (AvgIpc) is 3.19. The van der Waals surface area contributed by atoms with Gasteiger partial charge in [0.2, 0.25) is 0 Å². The summed E-state index contributed by atoms with van der Waals surface area (Å²) in [5.41, 5.74) is 2.11. The van der Waals surface area contributed by atoms with E-state index in [1.165, 1.54) is 25.7 Å². The lowest BCUT2D eigenvalue weighted by molar-refractivity contribution is 0.620. The number of halogens is 1. The molecule has 0 heterocycles. The van der Waals surface area contributed by atoms with Crippen LogP contribution >= 0.6 is 0 Å². The van der Waals surface area contributed by atoms with E-state index in [0.717, 1.165) is 30.3 Å². The van der Waals surface area contributed by atoms with Gasteiger partial charge in [-0.05, 0) is 62.4 Å². The maximum Gasteiger partial charge on any atom is 0.125 e. The van der Waals surface area contributed by atoms with E-state index in [-0.39, 0.29) is 5.82 Å². The molecule has 18 heavy (non-hydrogen) atoms. The van der Waals surface area contributed by atoms with Gasteiger partial charge in [0.25, 0.3) is 0 Å². The van der Waals surface area contributed by atoms with Crippen molar-refractivity contribution in [3.63, 3.8) is 0 Å². The van der Waals surface area contributed by atoms with Gasteiger partial charge < -0.3 is 10.2 Å². The van der Waals surface area contributed by atoms with Gasteiger partial charge in [-0.15, -0.1) is 0 Å². The van der Waals surface area contributed by atoms with Crippen molar-refractivity contribution in [3.8, 4) is 0 Å². The Balaban J connectivity index is 1.82. The first-order valence-corrected chi connectivity index (χ1v) is 6.97. The molecule has 98 valence electrons. The van der Waals surface area contributed by atoms with E-state index in [0.29, 0.717) is 6.04 Å². The van der Waals surface area contributed by atoms with E-state index in [2.05, 4.69) is 16.3 Å². The van der Waals surface area contributed by atoms with Crippen LogP contribution in [0.2, 0.25) is 0 Å². The maximum absolute atomic E-state index is 13.7. The second kappa shape index (κ2) is 4.88. The van der Waals surface area contributed by atoms with E-state index < -0.39 is 0 Å². The third-order valence-corrected chi connectivity index (χ3v) is 3.79. The Morgan fingerprint density at radius 3 is 2.61 bits per heavy atom. The molecule has 1 aromatic rings. The zero-order valence-electron chi connectivity index (χ0n) is 11.0. The molecule has 0 atom stereocenters. The monoisotopic (exact) mass is 248 g/mol. The summed E-state index contributed by atoms with van der Waals surface area (Å²) in [6.07, 6.45) is 5.24. The molecule has 2 fully saturated rings. The predicted octanol–water partition coefficient (Wildman–Crippen LogP) is 2.92. The summed E-state index contributed by atoms with van der Waals surface area (Å²) >= 11 is 0. The lowest BCUT2D eigenvalue weighted by atomic mass is 10.1. The Labute approximate surface area is 108 Å². The molecule has 0 aliphatic heterocycles. The van der Waals surface area contributed by atoms with E-state index in [9.17, 15) is 4.39 Å². The van der Waals surface area contributed by atoms with E-state index in [1.54, 1.807) is 12.1 Å². The highest BCUT2D eigenvalue weighted by Gasteiger charge is 2.34. The first-order valence-electron chi connectivity index (χ1n) is 6.97. The first-order chi connectivity index (χ1) is 8.76. The number of nitrogens with zero attached hydrogens (tertiary/aromatic N) is 1. The van der Waals surface area contributed by atoms with Gasteiger partial charge in [0.05, 0.1) is 0 Å². The third-order valence-electron chi connectivity index (χ3n) is 3.79. The topological polar surface area (TPSA) is 15.3 Å². The van der Waals surface area contributed by atoms with Gasteiger partial charge in [-0.1, -0.05) is 0 Å². The quantitative estimate of drug-likeness (QED) is 0.832. The van der Waals surface area contributed by atoms with Gasteiger partial charge in [0, 0.05) is 24.8 Å². The molecular formula is C15H21FN2. The van der Waals surface area contributed by atoms with Crippen LogP contribution in [0.5, 0.6) is 0 Å². The Morgan fingerprint density at radius 1 is 1.22 bits per heavy atom. The Hall–Kier alpha value is -1.09. The van der Waals surface area contributed by atoms with Crippen molar-refractivity contribution in [2.75, 3.05) is 18.5 Å². The standard InChI is InChI=1S/C15H21FN2/c1-17-9-12-6-13(16)8-15(7-12)18(14-4-5-14)10-11-2-3-11/h6-8,11,14,17H,2-5,9-10H2,1H3. The minimum Gasteiger partial charge on any atom is -0.368 e. The van der Waals surface area contributed by atoms with Crippen LogP contribution in [0.25, 0.3) is 0 Å². The van der Waals surface area contributed by atoms with Crippen LogP contribution in [0.1, 0.15) is 31.2 Å². The molecule has 2 aliphatic carbocycles. The molecule has 2 saturated carbocycles. The average molecular weight is 248 g/mol. The van der Waals surface area contributed by atoms with Gasteiger partial charge >= 0.3 is 0 Å². The van der Waals surface area contributed by atoms with Crippen molar-refractivity contribution >= 4 is 5.69 Å². The number of benzene rings is 1. The summed E-state index contributed by atoms with van der Waals surface area (Å²) in [7, 11) is 1.90. The number of anilines is 1. The minimum atomic E-state index is -0.112. The molecule has 1 N–H and O–H groups in total. The molecule has 0 unspecified atom stereocenters. The van der Waals surface area contributed by atoms with Crippen molar-refractivity contribution in [1.29, 1.82) is 0 Å². The summed E-state index contributed by atoms with van der Waals surface area (Å²) in [6.45, 7) is 1.85. The van der Waals surface area contributed by atoms with E-state index >= 15 is 0 Å². The second-order valence-electron chi connectivity index (χ2n) is 5.67. The van der Waals surface area contributed by atoms with Crippen molar-refractivity contribution < 1.29 is 4.39 Å². The summed E-state index contributed by atoms with van der Waals surface area (Å²) < 4.78 is 13.7. The fourth-order valence-corrected chi connectivity index (χ4v) is 2.54. The second-order valence-corrected chi connectivity index (χ2v) is 5.67. The summed E-state index contributed by atoms with van der Waals surface area (Å²) in [4.78, 5) is 2.43. The van der Waals surface area contributed by atoms with Crippen LogP contribution in [0.3, 0.4) is 0 Å². The van der Waals surface area contributed by atoms with Crippen molar-refractivity contribution in [2.45, 2.75) is 38.3 Å². The highest BCUT2D eigenvalue weighted by Crippen LogP contribution is 2.38. The minimum absolute atomic E-state index is 0.112. The fraction of sp³-hybridized carbons (Fsp3) is 0.600. The van der Waals surface area contributed by atoms with Crippen LogP contribution in [0, 0.1) is 11.7 Å². The van der Waals surface area contributed by atoms with Gasteiger partial charge in [0.15, 0.2) is 0 Å². The van der Waals surface area contributed by atoms with Crippen molar-refractivity contribution in [2.24, 2.45) is 5.92 Å². The van der Waals surface area contributed by atoms with Crippen molar-refractivity contribution in [3.05, 3.63) is 29.6 Å². The predicted molar refractivity (Wildman–Crippen MR) is 72.3 cm³/mol. The molecule has 0 aromatic heterocycles. The number of rotatable bonds is 6. The van der Waals surface area contributed by atoms with Gasteiger partial charge in [-0.25, -0.2) is 4.39 Å². The normalized spacial score (nSPS) is 19.0. The third kappa shape index (κ3) is 2.83. The summed E-state index contributed by atoms with van der Waals surface area (Å²) in [5.74, 6) is 0.737. The molecule has 0 saturated heterocycles. The molecule has 3 rings (SSSR count). The zero-order chi connectivity index (χ0) is 12.5. The number of hydrogen-bond acceptors (Lipinski definition) is 2. The smallest absolute Gasteiger partial charge is 0.125 e. The fourth-order valence-electron chi connectivity index (χ4n) is 2.54. The molecule has 0 radical (unpaired) electrons. The number of nitrogens with one attached hydrogen (secondary N) is 1. The highest BCUT2D eigenvalue weighted by atomic mass is 19.1. The first kappa shape index (κ1) is 12.0. The summed E-state index contributed by atoms with van der Waals surface area (Å²) in [6, 6.07) is 6.12. The molecular weight excluding hydrogens is 227 g/mol. The highest BCUT2D eigenvalue weighted by molar-refractivity contribution is 5.51. The molecule has 2 aliphatic rings. The number of hydrogen-bond donors (Lipinski definition) is 1. The van der Waals surface area contributed by atoms with Crippen LogP contribution in [-0.4, -0.2) is 19.6 Å².